The van der Waals surface area contributed by atoms with Crippen LogP contribution in [0, 0.1) is 18.6 Å². The predicted octanol–water partition coefficient (Wildman–Crippen LogP) is 4.09. The van der Waals surface area contributed by atoms with Crippen LogP contribution < -0.4 is 0 Å². The molecule has 0 aliphatic carbocycles. The number of ether oxygens (including phenoxy) is 1. The van der Waals surface area contributed by atoms with Gasteiger partial charge in [0.25, 0.3) is 5.91 Å². The third kappa shape index (κ3) is 4.63. The molecule has 132 valence electrons. The highest BCUT2D eigenvalue weighted by Gasteiger charge is 2.25. The van der Waals surface area contributed by atoms with E-state index in [-0.39, 0.29) is 18.6 Å². The van der Waals surface area contributed by atoms with Gasteiger partial charge in [0.1, 0.15) is 11.6 Å². The zero-order chi connectivity index (χ0) is 17.8. The summed E-state index contributed by atoms with van der Waals surface area (Å²) in [5, 5.41) is 0. The zero-order valence-electron chi connectivity index (χ0n) is 14.2. The fourth-order valence-corrected chi connectivity index (χ4v) is 3.05. The van der Waals surface area contributed by atoms with Crippen LogP contribution in [0.5, 0.6) is 0 Å². The number of carbonyl (C=O) groups excluding carboxylic acids is 1. The fraction of sp³-hybridized carbons (Fsp3) is 0.350. The van der Waals surface area contributed by atoms with Crippen LogP contribution in [0.3, 0.4) is 0 Å². The molecule has 3 nitrogen and oxygen atoms in total. The quantitative estimate of drug-likeness (QED) is 0.835. The number of aryl methyl sites for hydroxylation is 1. The Balaban J connectivity index is 1.59. The summed E-state index contributed by atoms with van der Waals surface area (Å²) in [6.45, 7) is 3.30. The van der Waals surface area contributed by atoms with E-state index in [0.29, 0.717) is 24.2 Å². The Morgan fingerprint density at radius 2 is 1.84 bits per heavy atom. The van der Waals surface area contributed by atoms with Gasteiger partial charge in [0, 0.05) is 24.7 Å². The van der Waals surface area contributed by atoms with Gasteiger partial charge in [-0.15, -0.1) is 0 Å². The maximum absolute atomic E-state index is 13.2. The summed E-state index contributed by atoms with van der Waals surface area (Å²) in [6.07, 6.45) is 1.55. The van der Waals surface area contributed by atoms with Crippen LogP contribution in [0.2, 0.25) is 0 Å². The molecule has 0 radical (unpaired) electrons. The second-order valence-corrected chi connectivity index (χ2v) is 6.47. The molecule has 1 unspecified atom stereocenters. The number of likely N-dealkylation sites (tertiary alicyclic amines) is 1. The van der Waals surface area contributed by atoms with E-state index < -0.39 is 11.6 Å². The number of rotatable bonds is 4. The second-order valence-electron chi connectivity index (χ2n) is 6.47. The van der Waals surface area contributed by atoms with Gasteiger partial charge in [0.05, 0.1) is 12.7 Å². The number of carbonyl (C=O) groups is 1. The molecule has 25 heavy (non-hydrogen) atoms. The molecule has 1 amide bonds. The Labute approximate surface area is 146 Å². The molecule has 1 aliphatic rings. The minimum atomic E-state index is -0.613. The Morgan fingerprint density at radius 1 is 1.16 bits per heavy atom. The number of piperidine rings is 1. The van der Waals surface area contributed by atoms with Crippen molar-refractivity contribution in [3.05, 3.63) is 70.8 Å². The summed E-state index contributed by atoms with van der Waals surface area (Å²) < 4.78 is 32.2. The lowest BCUT2D eigenvalue weighted by atomic mass is 10.1. The molecular formula is C20H21F2NO2. The highest BCUT2D eigenvalue weighted by atomic mass is 19.1. The van der Waals surface area contributed by atoms with Crippen molar-refractivity contribution in [3.63, 3.8) is 0 Å². The number of halogens is 2. The predicted molar refractivity (Wildman–Crippen MR) is 91.3 cm³/mol. The van der Waals surface area contributed by atoms with E-state index >= 15 is 0 Å². The first-order chi connectivity index (χ1) is 12.0. The van der Waals surface area contributed by atoms with Gasteiger partial charge in [0.2, 0.25) is 0 Å². The number of benzene rings is 2. The van der Waals surface area contributed by atoms with E-state index in [4.69, 9.17) is 4.74 Å². The van der Waals surface area contributed by atoms with Crippen LogP contribution in [0.1, 0.15) is 34.3 Å². The minimum absolute atomic E-state index is 0.00917. The van der Waals surface area contributed by atoms with E-state index in [0.717, 1.165) is 24.5 Å². The summed E-state index contributed by atoms with van der Waals surface area (Å²) >= 11 is 0. The van der Waals surface area contributed by atoms with Crippen molar-refractivity contribution >= 4 is 5.91 Å². The van der Waals surface area contributed by atoms with Crippen LogP contribution in [0.25, 0.3) is 0 Å². The highest BCUT2D eigenvalue weighted by Crippen LogP contribution is 2.18. The standard InChI is InChI=1S/C20H21F2NO2/c1-14-4-6-16(7-5-14)20(24)23-8-2-3-19(12-23)25-13-15-9-17(21)11-18(22)10-15/h4-7,9-11,19H,2-3,8,12-13H2,1H3. The van der Waals surface area contributed by atoms with Crippen molar-refractivity contribution in [2.45, 2.75) is 32.5 Å². The molecule has 1 atom stereocenters. The van der Waals surface area contributed by atoms with Gasteiger partial charge >= 0.3 is 0 Å². The fourth-order valence-electron chi connectivity index (χ4n) is 3.05. The monoisotopic (exact) mass is 345 g/mol. The summed E-state index contributed by atoms with van der Waals surface area (Å²) in [7, 11) is 0. The molecule has 1 fully saturated rings. The first-order valence-electron chi connectivity index (χ1n) is 8.44. The molecule has 5 heteroatoms. The zero-order valence-corrected chi connectivity index (χ0v) is 14.2. The van der Waals surface area contributed by atoms with E-state index in [1.165, 1.54) is 12.1 Å². The van der Waals surface area contributed by atoms with E-state index in [1.54, 1.807) is 4.90 Å². The van der Waals surface area contributed by atoms with E-state index in [2.05, 4.69) is 0 Å². The summed E-state index contributed by atoms with van der Waals surface area (Å²) in [4.78, 5) is 14.4. The van der Waals surface area contributed by atoms with Crippen molar-refractivity contribution in [1.29, 1.82) is 0 Å². The smallest absolute Gasteiger partial charge is 0.253 e. The SMILES string of the molecule is Cc1ccc(C(=O)N2CCCC(OCc3cc(F)cc(F)c3)C2)cc1. The lowest BCUT2D eigenvalue weighted by Crippen LogP contribution is -2.43. The minimum Gasteiger partial charge on any atom is -0.372 e. The summed E-state index contributed by atoms with van der Waals surface area (Å²) in [5.74, 6) is -1.23. The number of hydrogen-bond donors (Lipinski definition) is 0. The molecule has 0 bridgehead atoms. The van der Waals surface area contributed by atoms with Gasteiger partial charge in [0.15, 0.2) is 0 Å². The molecule has 2 aromatic rings. The number of hydrogen-bond acceptors (Lipinski definition) is 2. The van der Waals surface area contributed by atoms with Crippen molar-refractivity contribution in [3.8, 4) is 0 Å². The molecule has 3 rings (SSSR count). The van der Waals surface area contributed by atoms with Crippen molar-refractivity contribution in [2.24, 2.45) is 0 Å². The maximum Gasteiger partial charge on any atom is 0.253 e. The Bertz CT molecular complexity index is 726. The van der Waals surface area contributed by atoms with Gasteiger partial charge in [-0.25, -0.2) is 8.78 Å². The van der Waals surface area contributed by atoms with Crippen LogP contribution in [-0.4, -0.2) is 30.0 Å². The largest absolute Gasteiger partial charge is 0.372 e. The molecule has 0 spiro atoms. The van der Waals surface area contributed by atoms with Gasteiger partial charge in [-0.3, -0.25) is 4.79 Å². The average Bonchev–Trinajstić information content (AvgIpc) is 2.59. The first kappa shape index (κ1) is 17.5. The molecule has 0 N–H and O–H groups in total. The third-order valence-corrected chi connectivity index (χ3v) is 4.37. The van der Waals surface area contributed by atoms with Gasteiger partial charge in [-0.2, -0.15) is 0 Å². The molecule has 0 saturated carbocycles. The number of amides is 1. The summed E-state index contributed by atoms with van der Waals surface area (Å²) in [6, 6.07) is 10.9. The molecule has 1 heterocycles. The highest BCUT2D eigenvalue weighted by molar-refractivity contribution is 5.94. The Kier molecular flexibility index (Phi) is 5.43. The van der Waals surface area contributed by atoms with Crippen molar-refractivity contribution < 1.29 is 18.3 Å². The third-order valence-electron chi connectivity index (χ3n) is 4.37. The van der Waals surface area contributed by atoms with Crippen LogP contribution in [0.4, 0.5) is 8.78 Å². The lowest BCUT2D eigenvalue weighted by Gasteiger charge is -2.32. The van der Waals surface area contributed by atoms with Gasteiger partial charge in [-0.1, -0.05) is 17.7 Å². The summed E-state index contributed by atoms with van der Waals surface area (Å²) in [5.41, 5.74) is 2.23. The molecule has 1 saturated heterocycles. The van der Waals surface area contributed by atoms with E-state index in [1.807, 2.05) is 31.2 Å². The second kappa shape index (κ2) is 7.74. The lowest BCUT2D eigenvalue weighted by molar-refractivity contribution is -0.00686. The van der Waals surface area contributed by atoms with Crippen molar-refractivity contribution in [2.75, 3.05) is 13.1 Å². The molecule has 2 aromatic carbocycles. The van der Waals surface area contributed by atoms with Crippen LogP contribution in [0.15, 0.2) is 42.5 Å². The number of nitrogens with zero attached hydrogens (tertiary/aromatic N) is 1. The average molecular weight is 345 g/mol. The normalized spacial score (nSPS) is 17.6. The maximum atomic E-state index is 13.2. The van der Waals surface area contributed by atoms with E-state index in [9.17, 15) is 13.6 Å². The molecule has 1 aliphatic heterocycles. The first-order valence-corrected chi connectivity index (χ1v) is 8.44. The van der Waals surface area contributed by atoms with Gasteiger partial charge in [-0.05, 0) is 49.6 Å². The Morgan fingerprint density at radius 3 is 2.52 bits per heavy atom. The van der Waals surface area contributed by atoms with Crippen LogP contribution in [-0.2, 0) is 11.3 Å². The van der Waals surface area contributed by atoms with Crippen molar-refractivity contribution in [1.82, 2.24) is 4.90 Å². The Hall–Kier alpha value is -2.27. The molecule has 0 aromatic heterocycles. The van der Waals surface area contributed by atoms with Gasteiger partial charge < -0.3 is 9.64 Å². The molecular weight excluding hydrogens is 324 g/mol. The van der Waals surface area contributed by atoms with Crippen LogP contribution >= 0.6 is 0 Å². The topological polar surface area (TPSA) is 29.5 Å².